The number of amides is 2. The molecule has 0 bridgehead atoms. The smallest absolute Gasteiger partial charge is 0.414 e. The van der Waals surface area contributed by atoms with Gasteiger partial charge in [-0.3, -0.25) is 14.6 Å². The van der Waals surface area contributed by atoms with Crippen LogP contribution in [0.3, 0.4) is 0 Å². The molecule has 0 saturated carbocycles. The Balaban J connectivity index is 1.55. The van der Waals surface area contributed by atoms with E-state index in [-0.39, 0.29) is 18.4 Å². The summed E-state index contributed by atoms with van der Waals surface area (Å²) in [6.45, 7) is 3.42. The third-order valence-electron chi connectivity index (χ3n) is 6.49. The summed E-state index contributed by atoms with van der Waals surface area (Å²) in [6, 6.07) is 14.1. The molecule has 35 heavy (non-hydrogen) atoms. The summed E-state index contributed by atoms with van der Waals surface area (Å²) in [5.41, 5.74) is 4.45. The van der Waals surface area contributed by atoms with E-state index < -0.39 is 36.7 Å². The van der Waals surface area contributed by atoms with Crippen molar-refractivity contribution in [3.63, 3.8) is 0 Å². The maximum atomic E-state index is 13.3. The summed E-state index contributed by atoms with van der Waals surface area (Å²) in [5, 5.41) is 9.67. The minimum absolute atomic E-state index is 0.0897. The molecule has 2 aromatic carbocycles. The highest BCUT2D eigenvalue weighted by atomic mass is 16.6. The number of benzene rings is 2. The largest absolute Gasteiger partial charge is 0.467 e. The van der Waals surface area contributed by atoms with Crippen LogP contribution in [0, 0.1) is 5.92 Å². The third-order valence-corrected chi connectivity index (χ3v) is 6.49. The zero-order chi connectivity index (χ0) is 25.1. The molecule has 1 N–H and O–H groups in total. The van der Waals surface area contributed by atoms with Crippen LogP contribution < -0.4 is 0 Å². The van der Waals surface area contributed by atoms with Crippen molar-refractivity contribution in [2.24, 2.45) is 5.92 Å². The van der Waals surface area contributed by atoms with Gasteiger partial charge in [-0.15, -0.1) is 0 Å². The van der Waals surface area contributed by atoms with Gasteiger partial charge in [-0.1, -0.05) is 62.4 Å². The molecule has 1 aliphatic carbocycles. The monoisotopic (exact) mass is 478 g/mol. The first-order valence-electron chi connectivity index (χ1n) is 11.7. The quantitative estimate of drug-likeness (QED) is 0.612. The van der Waals surface area contributed by atoms with Gasteiger partial charge in [0.05, 0.1) is 13.7 Å². The molecule has 8 heteroatoms. The average molecular weight is 479 g/mol. The Labute approximate surface area is 204 Å². The van der Waals surface area contributed by atoms with E-state index in [1.54, 1.807) is 0 Å². The first-order valence-corrected chi connectivity index (χ1v) is 11.7. The van der Waals surface area contributed by atoms with Gasteiger partial charge in [-0.05, 0) is 34.6 Å². The summed E-state index contributed by atoms with van der Waals surface area (Å²) in [4.78, 5) is 41.0. The van der Waals surface area contributed by atoms with Crippen LogP contribution in [0.15, 0.2) is 60.9 Å². The maximum Gasteiger partial charge on any atom is 0.414 e. The van der Waals surface area contributed by atoms with Crippen molar-refractivity contribution in [2.75, 3.05) is 20.3 Å². The predicted molar refractivity (Wildman–Crippen MR) is 129 cm³/mol. The van der Waals surface area contributed by atoms with Gasteiger partial charge in [0, 0.05) is 18.3 Å². The summed E-state index contributed by atoms with van der Waals surface area (Å²) in [7, 11) is 1.19. The lowest BCUT2D eigenvalue weighted by molar-refractivity contribution is -0.154. The van der Waals surface area contributed by atoms with E-state index in [9.17, 15) is 19.5 Å². The molecule has 1 aliphatic heterocycles. The topological polar surface area (TPSA) is 96.4 Å². The van der Waals surface area contributed by atoms with Crippen LogP contribution in [-0.2, 0) is 19.1 Å². The van der Waals surface area contributed by atoms with Crippen molar-refractivity contribution in [2.45, 2.75) is 38.3 Å². The number of hydrogen-bond acceptors (Lipinski definition) is 6. The van der Waals surface area contributed by atoms with Gasteiger partial charge in [0.1, 0.15) is 12.6 Å². The molecule has 0 aromatic heterocycles. The molecule has 0 spiro atoms. The number of nitrogens with zero attached hydrogens (tertiary/aromatic N) is 2. The highest BCUT2D eigenvalue weighted by Gasteiger charge is 2.41. The van der Waals surface area contributed by atoms with Crippen LogP contribution in [-0.4, -0.2) is 65.3 Å². The molecule has 1 heterocycles. The fraction of sp³-hybridized carbons (Fsp3) is 0.370. The van der Waals surface area contributed by atoms with Crippen molar-refractivity contribution in [3.05, 3.63) is 72.1 Å². The van der Waals surface area contributed by atoms with E-state index in [0.717, 1.165) is 27.2 Å². The standard InChI is InChI=1S/C27H30N2O6/c1-17(2)14-23-25(31)28(24(15-30)26(32)34-3)12-13-29(23)27(33)35-16-22-20-10-6-4-8-18(20)19-9-5-7-11-21(19)22/h4-13,17,22-24,30H,14-16H2,1-3H3/t23-,24+/m0/s1. The normalized spacial score (nSPS) is 17.9. The summed E-state index contributed by atoms with van der Waals surface area (Å²) in [6.07, 6.45) is 2.47. The van der Waals surface area contributed by atoms with Gasteiger partial charge in [0.2, 0.25) is 0 Å². The molecule has 0 saturated heterocycles. The van der Waals surface area contributed by atoms with Gasteiger partial charge in [-0.2, -0.15) is 0 Å². The van der Waals surface area contributed by atoms with Crippen LogP contribution in [0.1, 0.15) is 37.3 Å². The average Bonchev–Trinajstić information content (AvgIpc) is 3.18. The van der Waals surface area contributed by atoms with E-state index in [1.165, 1.54) is 24.4 Å². The van der Waals surface area contributed by atoms with Gasteiger partial charge in [0.25, 0.3) is 5.91 Å². The van der Waals surface area contributed by atoms with Crippen LogP contribution in [0.25, 0.3) is 11.1 Å². The number of carbonyl (C=O) groups excluding carboxylic acids is 3. The number of carbonyl (C=O) groups is 3. The van der Waals surface area contributed by atoms with Crippen LogP contribution >= 0.6 is 0 Å². The van der Waals surface area contributed by atoms with Crippen LogP contribution in [0.4, 0.5) is 4.79 Å². The number of ether oxygens (including phenoxy) is 2. The summed E-state index contributed by atoms with van der Waals surface area (Å²) >= 11 is 0. The zero-order valence-electron chi connectivity index (χ0n) is 20.1. The second-order valence-electron chi connectivity index (χ2n) is 9.12. The number of hydrogen-bond donors (Lipinski definition) is 1. The molecule has 2 amide bonds. The highest BCUT2D eigenvalue weighted by molar-refractivity contribution is 5.92. The number of methoxy groups -OCH3 is 1. The number of rotatable bonds is 7. The molecule has 2 aliphatic rings. The van der Waals surface area contributed by atoms with E-state index in [2.05, 4.69) is 12.1 Å². The number of esters is 1. The number of aliphatic hydroxyl groups excluding tert-OH is 1. The number of fused-ring (bicyclic) bond motifs is 3. The number of aliphatic hydroxyl groups is 1. The van der Waals surface area contributed by atoms with Crippen molar-refractivity contribution >= 4 is 18.0 Å². The van der Waals surface area contributed by atoms with E-state index in [4.69, 9.17) is 9.47 Å². The molecule has 0 unspecified atom stereocenters. The van der Waals surface area contributed by atoms with E-state index >= 15 is 0 Å². The molecule has 2 atom stereocenters. The third kappa shape index (κ3) is 4.66. The second kappa shape index (κ2) is 10.3. The molecule has 184 valence electrons. The first-order chi connectivity index (χ1) is 16.9. The zero-order valence-corrected chi connectivity index (χ0v) is 20.1. The van der Waals surface area contributed by atoms with Crippen molar-refractivity contribution in [1.82, 2.24) is 9.80 Å². The molecule has 4 rings (SSSR count). The van der Waals surface area contributed by atoms with E-state index in [0.29, 0.717) is 6.42 Å². The first kappa shape index (κ1) is 24.5. The van der Waals surface area contributed by atoms with Gasteiger partial charge in [0.15, 0.2) is 6.04 Å². The maximum absolute atomic E-state index is 13.3. The predicted octanol–water partition coefficient (Wildman–Crippen LogP) is 3.50. The summed E-state index contributed by atoms with van der Waals surface area (Å²) < 4.78 is 10.5. The molecular formula is C27H30N2O6. The highest BCUT2D eigenvalue weighted by Crippen LogP contribution is 2.44. The van der Waals surface area contributed by atoms with Crippen molar-refractivity contribution in [1.29, 1.82) is 0 Å². The van der Waals surface area contributed by atoms with Crippen molar-refractivity contribution in [3.8, 4) is 11.1 Å². The van der Waals surface area contributed by atoms with Crippen LogP contribution in [0.2, 0.25) is 0 Å². The fourth-order valence-corrected chi connectivity index (χ4v) is 4.80. The Bertz CT molecular complexity index is 1100. The van der Waals surface area contributed by atoms with Gasteiger partial charge in [-0.25, -0.2) is 9.59 Å². The van der Waals surface area contributed by atoms with Crippen LogP contribution in [0.5, 0.6) is 0 Å². The molecular weight excluding hydrogens is 448 g/mol. The fourth-order valence-electron chi connectivity index (χ4n) is 4.80. The van der Waals surface area contributed by atoms with Gasteiger partial charge >= 0.3 is 12.1 Å². The summed E-state index contributed by atoms with van der Waals surface area (Å²) in [5.74, 6) is -1.22. The van der Waals surface area contributed by atoms with Crippen molar-refractivity contribution < 1.29 is 29.0 Å². The Morgan fingerprint density at radius 2 is 1.60 bits per heavy atom. The molecule has 2 aromatic rings. The molecule has 8 nitrogen and oxygen atoms in total. The molecule has 0 fully saturated rings. The van der Waals surface area contributed by atoms with Gasteiger partial charge < -0.3 is 14.6 Å². The SMILES string of the molecule is COC(=O)[C@@H](CO)N1C=CN(C(=O)OCC2c3ccccc3-c3ccccc32)[C@@H](CC(C)C)C1=O. The molecule has 0 radical (unpaired) electrons. The Morgan fingerprint density at radius 3 is 2.14 bits per heavy atom. The lowest BCUT2D eigenvalue weighted by atomic mass is 9.98. The lowest BCUT2D eigenvalue weighted by Crippen LogP contribution is -2.56. The van der Waals surface area contributed by atoms with E-state index in [1.807, 2.05) is 50.2 Å². The Kier molecular flexibility index (Phi) is 7.21. The minimum Gasteiger partial charge on any atom is -0.467 e. The second-order valence-corrected chi connectivity index (χ2v) is 9.12. The lowest BCUT2D eigenvalue weighted by Gasteiger charge is -2.38. The Morgan fingerprint density at radius 1 is 1.00 bits per heavy atom. The Hall–Kier alpha value is -3.65. The minimum atomic E-state index is -1.18.